The first-order valence-corrected chi connectivity index (χ1v) is 0.908. The normalized spacial score (nSPS) is 3.57. The Labute approximate surface area is 55.1 Å². The molecule has 0 N–H and O–H groups in total. The van der Waals surface area contributed by atoms with Crippen molar-refractivity contribution in [2.45, 2.75) is 6.92 Å². The van der Waals surface area contributed by atoms with Crippen LogP contribution in [0.15, 0.2) is 0 Å². The van der Waals surface area contributed by atoms with Gasteiger partial charge in [0.1, 0.15) is 0 Å². The molecule has 0 atom stereocenters. The fourth-order valence-electron chi connectivity index (χ4n) is 0. The smallest absolute Gasteiger partial charge is 0.550 e. The third kappa shape index (κ3) is 171000. The van der Waals surface area contributed by atoms with Crippen LogP contribution in [0.3, 0.4) is 0 Å². The number of rotatable bonds is 0. The van der Waals surface area contributed by atoms with Gasteiger partial charge in [0.15, 0.2) is 0 Å². The van der Waals surface area contributed by atoms with E-state index in [1.807, 2.05) is 0 Å². The standard InChI is InChI=1S/C2H4O2.2CH3.Co/c1-2(3)4;;;/h1H3,(H,3,4);2*1H3;/q;2*-1;+3/p-1. The van der Waals surface area contributed by atoms with Gasteiger partial charge in [-0.3, -0.25) is 0 Å². The monoisotopic (exact) mass is 148 g/mol. The molecule has 0 bridgehead atoms. The molecule has 0 saturated carbocycles. The first-order chi connectivity index (χ1) is 1.73. The Morgan fingerprint density at radius 1 is 1.43 bits per heavy atom. The van der Waals surface area contributed by atoms with Crippen molar-refractivity contribution in [3.8, 4) is 0 Å². The maximum absolute atomic E-state index is 8.89. The molecule has 0 aromatic rings. The summed E-state index contributed by atoms with van der Waals surface area (Å²) < 4.78 is 0. The molecule has 0 amide bonds. The number of aliphatic carboxylic acids is 1. The summed E-state index contributed by atoms with van der Waals surface area (Å²) in [6.45, 7) is 0.972. The molecule has 0 aromatic heterocycles. The van der Waals surface area contributed by atoms with Crippen molar-refractivity contribution in [1.82, 2.24) is 0 Å². The Hall–Kier alpha value is -0.0235. The maximum Gasteiger partial charge on any atom is 3.00 e. The predicted molar refractivity (Wildman–Crippen MR) is 23.5 cm³/mol. The Kier molecular flexibility index (Phi) is 67.1. The van der Waals surface area contributed by atoms with E-state index in [2.05, 4.69) is 0 Å². The van der Waals surface area contributed by atoms with Gasteiger partial charge in [0.2, 0.25) is 0 Å². The number of carboxylic acids is 1. The van der Waals surface area contributed by atoms with Gasteiger partial charge in [-0.25, -0.2) is 0 Å². The van der Waals surface area contributed by atoms with E-state index in [4.69, 9.17) is 9.90 Å². The van der Waals surface area contributed by atoms with Gasteiger partial charge in [0.25, 0.3) is 0 Å². The molecule has 0 aliphatic carbocycles. The van der Waals surface area contributed by atoms with Crippen molar-refractivity contribution in [3.63, 3.8) is 0 Å². The molecule has 0 unspecified atom stereocenters. The van der Waals surface area contributed by atoms with Crippen LogP contribution in [-0.2, 0) is 21.6 Å². The van der Waals surface area contributed by atoms with Gasteiger partial charge in [-0.1, -0.05) is 0 Å². The number of hydrogen-bond donors (Lipinski definition) is 0. The number of carbonyl (C=O) groups excluding carboxylic acids is 1. The van der Waals surface area contributed by atoms with E-state index in [-0.39, 0.29) is 31.6 Å². The van der Waals surface area contributed by atoms with Crippen LogP contribution < -0.4 is 5.11 Å². The molecule has 2 nitrogen and oxygen atoms in total. The van der Waals surface area contributed by atoms with E-state index in [1.54, 1.807) is 0 Å². The second-order valence-corrected chi connectivity index (χ2v) is 0.492. The van der Waals surface area contributed by atoms with Crippen LogP contribution in [0.25, 0.3) is 0 Å². The van der Waals surface area contributed by atoms with Crippen molar-refractivity contribution >= 4 is 5.97 Å². The van der Waals surface area contributed by atoms with Crippen molar-refractivity contribution < 1.29 is 26.7 Å². The van der Waals surface area contributed by atoms with Crippen LogP contribution in [0.5, 0.6) is 0 Å². The molecule has 0 fully saturated rings. The summed E-state index contributed by atoms with van der Waals surface area (Å²) in [6, 6.07) is 0. The van der Waals surface area contributed by atoms with E-state index < -0.39 is 5.97 Å². The quantitative estimate of drug-likeness (QED) is 0.440. The van der Waals surface area contributed by atoms with E-state index in [9.17, 15) is 0 Å². The molecule has 0 aliphatic rings. The zero-order chi connectivity index (χ0) is 3.58. The third-order valence-corrected chi connectivity index (χ3v) is 0. The molecule has 0 rings (SSSR count). The van der Waals surface area contributed by atoms with Gasteiger partial charge in [0, 0.05) is 5.97 Å². The zero-order valence-electron chi connectivity index (χ0n) is 4.65. The van der Waals surface area contributed by atoms with Crippen LogP contribution in [-0.4, -0.2) is 5.97 Å². The Bertz CT molecular complexity index is 32.7. The summed E-state index contributed by atoms with van der Waals surface area (Å²) >= 11 is 0. The van der Waals surface area contributed by atoms with Crippen LogP contribution in [0.2, 0.25) is 0 Å². The number of carboxylic acid groups (broad SMARTS) is 1. The number of hydrogen-bond acceptors (Lipinski definition) is 2. The van der Waals surface area contributed by atoms with Gasteiger partial charge in [-0.15, -0.1) is 0 Å². The molecular weight excluding hydrogens is 139 g/mol. The fourth-order valence-corrected chi connectivity index (χ4v) is 0. The fraction of sp³-hybridized carbons (Fsp3) is 0.250. The molecule has 7 heavy (non-hydrogen) atoms. The summed E-state index contributed by atoms with van der Waals surface area (Å²) in [6.07, 6.45) is 0. The van der Waals surface area contributed by atoms with Gasteiger partial charge in [-0.2, -0.15) is 0 Å². The van der Waals surface area contributed by atoms with Crippen molar-refractivity contribution in [1.29, 1.82) is 0 Å². The average molecular weight is 148 g/mol. The third-order valence-electron chi connectivity index (χ3n) is 0. The van der Waals surface area contributed by atoms with Crippen molar-refractivity contribution in [3.05, 3.63) is 14.9 Å². The molecule has 0 spiro atoms. The van der Waals surface area contributed by atoms with Crippen molar-refractivity contribution in [2.75, 3.05) is 0 Å². The minimum absolute atomic E-state index is 0. The van der Waals surface area contributed by atoms with Crippen LogP contribution in [0, 0.1) is 14.9 Å². The van der Waals surface area contributed by atoms with Gasteiger partial charge < -0.3 is 24.8 Å². The summed E-state index contributed by atoms with van der Waals surface area (Å²) in [5.41, 5.74) is 0. The molecule has 0 heterocycles. The Morgan fingerprint density at radius 3 is 1.43 bits per heavy atom. The van der Waals surface area contributed by atoms with E-state index in [0.29, 0.717) is 0 Å². The minimum atomic E-state index is -1.08. The predicted octanol–water partition coefficient (Wildman–Crippen LogP) is -0.346. The van der Waals surface area contributed by atoms with Crippen LogP contribution in [0.4, 0.5) is 0 Å². The molecule has 0 saturated heterocycles. The van der Waals surface area contributed by atoms with Gasteiger partial charge in [0.05, 0.1) is 0 Å². The molecule has 46 valence electrons. The SMILES string of the molecule is CC(=O)[O-].[CH3-].[CH3-].[Co+3]. The van der Waals surface area contributed by atoms with Gasteiger partial charge >= 0.3 is 16.8 Å². The largest absolute Gasteiger partial charge is 3.00 e. The topological polar surface area (TPSA) is 40.1 Å². The summed E-state index contributed by atoms with van der Waals surface area (Å²) in [5.74, 6) is -1.08. The van der Waals surface area contributed by atoms with Crippen LogP contribution >= 0.6 is 0 Å². The van der Waals surface area contributed by atoms with Crippen molar-refractivity contribution in [2.24, 2.45) is 0 Å². The molecule has 0 aliphatic heterocycles. The van der Waals surface area contributed by atoms with Crippen LogP contribution in [0.1, 0.15) is 6.92 Å². The van der Waals surface area contributed by atoms with E-state index in [1.165, 1.54) is 0 Å². The van der Waals surface area contributed by atoms with E-state index >= 15 is 0 Å². The molecule has 3 heteroatoms. The molecular formula is C4H9CoO2. The van der Waals surface area contributed by atoms with Gasteiger partial charge in [-0.05, 0) is 6.92 Å². The minimum Gasteiger partial charge on any atom is -0.550 e. The summed E-state index contributed by atoms with van der Waals surface area (Å²) in [4.78, 5) is 8.89. The second kappa shape index (κ2) is 16.7. The summed E-state index contributed by atoms with van der Waals surface area (Å²) in [7, 11) is 0. The average Bonchev–Trinajstić information content (AvgIpc) is 0.811. The first-order valence-electron chi connectivity index (χ1n) is 0.908. The molecule has 0 radical (unpaired) electrons. The maximum atomic E-state index is 8.89. The first kappa shape index (κ1) is 28.1. The summed E-state index contributed by atoms with van der Waals surface area (Å²) in [5, 5.41) is 8.89. The molecule has 0 aromatic carbocycles. The zero-order valence-corrected chi connectivity index (χ0v) is 5.69. The Balaban J connectivity index is -0.0000000150. The second-order valence-electron chi connectivity index (χ2n) is 0.492. The van der Waals surface area contributed by atoms with E-state index in [0.717, 1.165) is 6.92 Å². The number of carbonyl (C=O) groups is 1. The Morgan fingerprint density at radius 2 is 1.43 bits per heavy atom.